The Morgan fingerprint density at radius 2 is 1.48 bits per heavy atom. The van der Waals surface area contributed by atoms with Gasteiger partial charge in [-0.15, -0.1) is 0 Å². The Hall–Kier alpha value is -3.16. The summed E-state index contributed by atoms with van der Waals surface area (Å²) in [7, 11) is -3.82. The van der Waals surface area contributed by atoms with Crippen molar-refractivity contribution in [3.05, 3.63) is 88.9 Å². The van der Waals surface area contributed by atoms with E-state index in [1.165, 1.54) is 37.3 Å². The van der Waals surface area contributed by atoms with Crippen LogP contribution in [0.2, 0.25) is 5.02 Å². The van der Waals surface area contributed by atoms with Crippen LogP contribution in [0.4, 0.5) is 11.4 Å². The summed E-state index contributed by atoms with van der Waals surface area (Å²) in [4.78, 5) is 23.9. The fourth-order valence-corrected chi connectivity index (χ4v) is 3.72. The minimum absolute atomic E-state index is 0.0577. The van der Waals surface area contributed by atoms with E-state index in [-0.39, 0.29) is 21.9 Å². The third kappa shape index (κ3) is 5.22. The van der Waals surface area contributed by atoms with Gasteiger partial charge in [0.05, 0.1) is 4.90 Å². The first-order valence-corrected chi connectivity index (χ1v) is 10.4. The number of benzene rings is 3. The zero-order valence-corrected chi connectivity index (χ0v) is 16.9. The van der Waals surface area contributed by atoms with E-state index in [2.05, 4.69) is 10.0 Å². The van der Waals surface area contributed by atoms with Gasteiger partial charge in [-0.05, 0) is 73.7 Å². The molecular formula is C21H17ClN2O4S. The highest BCUT2D eigenvalue weighted by Gasteiger charge is 2.15. The number of hydrogen-bond acceptors (Lipinski definition) is 4. The van der Waals surface area contributed by atoms with Crippen molar-refractivity contribution < 1.29 is 18.0 Å². The number of carbonyl (C=O) groups is 2. The van der Waals surface area contributed by atoms with Crippen LogP contribution in [0, 0.1) is 0 Å². The molecule has 3 rings (SSSR count). The van der Waals surface area contributed by atoms with Gasteiger partial charge in [-0.3, -0.25) is 14.3 Å². The van der Waals surface area contributed by atoms with Crippen LogP contribution < -0.4 is 10.0 Å². The van der Waals surface area contributed by atoms with E-state index >= 15 is 0 Å². The first-order chi connectivity index (χ1) is 13.7. The SMILES string of the molecule is CC(=O)c1ccc(NC(=O)c2cccc(NS(=O)(=O)c3ccc(Cl)cc3)c2)cc1. The van der Waals surface area contributed by atoms with Crippen molar-refractivity contribution in [1.82, 2.24) is 0 Å². The van der Waals surface area contributed by atoms with E-state index < -0.39 is 15.9 Å². The van der Waals surface area contributed by atoms with Gasteiger partial charge in [0.15, 0.2) is 5.78 Å². The summed E-state index contributed by atoms with van der Waals surface area (Å²) in [5, 5.41) is 3.14. The van der Waals surface area contributed by atoms with Gasteiger partial charge >= 0.3 is 0 Å². The third-order valence-electron chi connectivity index (χ3n) is 4.05. The Kier molecular flexibility index (Phi) is 6.00. The monoisotopic (exact) mass is 428 g/mol. The number of nitrogens with one attached hydrogen (secondary N) is 2. The van der Waals surface area contributed by atoms with E-state index in [9.17, 15) is 18.0 Å². The van der Waals surface area contributed by atoms with Crippen LogP contribution in [0.15, 0.2) is 77.7 Å². The number of anilines is 2. The molecular weight excluding hydrogens is 412 g/mol. The third-order valence-corrected chi connectivity index (χ3v) is 5.70. The Balaban J connectivity index is 1.75. The predicted molar refractivity (Wildman–Crippen MR) is 113 cm³/mol. The molecule has 2 N–H and O–H groups in total. The molecule has 29 heavy (non-hydrogen) atoms. The second-order valence-corrected chi connectivity index (χ2v) is 8.35. The highest BCUT2D eigenvalue weighted by atomic mass is 35.5. The fourth-order valence-electron chi connectivity index (χ4n) is 2.54. The molecule has 0 fully saturated rings. The van der Waals surface area contributed by atoms with Gasteiger partial charge in [-0.2, -0.15) is 0 Å². The normalized spacial score (nSPS) is 11.0. The quantitative estimate of drug-likeness (QED) is 0.561. The maximum atomic E-state index is 12.5. The van der Waals surface area contributed by atoms with Gasteiger partial charge in [-0.1, -0.05) is 17.7 Å². The molecule has 148 valence electrons. The number of amides is 1. The van der Waals surface area contributed by atoms with E-state index in [0.29, 0.717) is 16.3 Å². The van der Waals surface area contributed by atoms with Crippen LogP contribution >= 0.6 is 11.6 Å². The average molecular weight is 429 g/mol. The molecule has 6 nitrogen and oxygen atoms in total. The molecule has 8 heteroatoms. The molecule has 0 saturated heterocycles. The molecule has 3 aromatic rings. The molecule has 0 saturated carbocycles. The lowest BCUT2D eigenvalue weighted by Crippen LogP contribution is -2.15. The number of Topliss-reactive ketones (excluding diaryl/α,β-unsaturated/α-hetero) is 1. The first-order valence-electron chi connectivity index (χ1n) is 8.55. The molecule has 0 bridgehead atoms. The molecule has 0 heterocycles. The Morgan fingerprint density at radius 3 is 2.10 bits per heavy atom. The fraction of sp³-hybridized carbons (Fsp3) is 0.0476. The Morgan fingerprint density at radius 1 is 0.828 bits per heavy atom. The van der Waals surface area contributed by atoms with Gasteiger partial charge < -0.3 is 5.32 Å². The van der Waals surface area contributed by atoms with Gasteiger partial charge in [0.1, 0.15) is 0 Å². The van der Waals surface area contributed by atoms with Crippen LogP contribution in [0.3, 0.4) is 0 Å². The van der Waals surface area contributed by atoms with E-state index in [1.54, 1.807) is 42.5 Å². The Bertz CT molecular complexity index is 1160. The molecule has 1 amide bonds. The summed E-state index contributed by atoms with van der Waals surface area (Å²) < 4.78 is 27.4. The maximum Gasteiger partial charge on any atom is 0.261 e. The summed E-state index contributed by atoms with van der Waals surface area (Å²) in [5.74, 6) is -0.475. The molecule has 0 spiro atoms. The summed E-state index contributed by atoms with van der Waals surface area (Å²) in [6, 6.07) is 18.4. The highest BCUT2D eigenvalue weighted by molar-refractivity contribution is 7.92. The van der Waals surface area contributed by atoms with Crippen LogP contribution in [0.25, 0.3) is 0 Å². The molecule has 0 atom stereocenters. The molecule has 0 unspecified atom stereocenters. The Labute approximate surface area is 173 Å². The number of sulfonamides is 1. The van der Waals surface area contributed by atoms with Crippen molar-refractivity contribution in [2.24, 2.45) is 0 Å². The summed E-state index contributed by atoms with van der Waals surface area (Å²) in [5.41, 5.74) is 1.59. The van der Waals surface area contributed by atoms with Crippen LogP contribution in [-0.2, 0) is 10.0 Å². The molecule has 3 aromatic carbocycles. The van der Waals surface area contributed by atoms with Crippen LogP contribution in [-0.4, -0.2) is 20.1 Å². The average Bonchev–Trinajstić information content (AvgIpc) is 2.68. The standard InChI is InChI=1S/C21H17ClN2O4S/c1-14(25)15-5-9-18(10-6-15)23-21(26)16-3-2-4-19(13-16)24-29(27,28)20-11-7-17(22)8-12-20/h2-13,24H,1H3,(H,23,26). The summed E-state index contributed by atoms with van der Waals surface area (Å²) >= 11 is 5.79. The number of halogens is 1. The smallest absolute Gasteiger partial charge is 0.261 e. The van der Waals surface area contributed by atoms with Crippen molar-refractivity contribution in [2.75, 3.05) is 10.0 Å². The number of rotatable bonds is 6. The first kappa shape index (κ1) is 20.6. The van der Waals surface area contributed by atoms with Gasteiger partial charge in [0, 0.05) is 27.5 Å². The zero-order valence-electron chi connectivity index (χ0n) is 15.3. The highest BCUT2D eigenvalue weighted by Crippen LogP contribution is 2.20. The summed E-state index contributed by atoms with van der Waals surface area (Å²) in [6.45, 7) is 1.46. The summed E-state index contributed by atoms with van der Waals surface area (Å²) in [6.07, 6.45) is 0. The van der Waals surface area contributed by atoms with E-state index in [1.807, 2.05) is 0 Å². The van der Waals surface area contributed by atoms with Crippen molar-refractivity contribution in [3.8, 4) is 0 Å². The lowest BCUT2D eigenvalue weighted by Gasteiger charge is -2.10. The zero-order chi connectivity index (χ0) is 21.0. The minimum atomic E-state index is -3.82. The van der Waals surface area contributed by atoms with Crippen LogP contribution in [0.5, 0.6) is 0 Å². The lowest BCUT2D eigenvalue weighted by atomic mass is 10.1. The number of carbonyl (C=O) groups excluding carboxylic acids is 2. The van der Waals surface area contributed by atoms with Crippen molar-refractivity contribution in [1.29, 1.82) is 0 Å². The van der Waals surface area contributed by atoms with E-state index in [4.69, 9.17) is 11.6 Å². The van der Waals surface area contributed by atoms with Gasteiger partial charge in [-0.25, -0.2) is 8.42 Å². The van der Waals surface area contributed by atoms with Crippen molar-refractivity contribution >= 4 is 44.7 Å². The molecule has 0 aromatic heterocycles. The minimum Gasteiger partial charge on any atom is -0.322 e. The van der Waals surface area contributed by atoms with Crippen molar-refractivity contribution in [3.63, 3.8) is 0 Å². The largest absolute Gasteiger partial charge is 0.322 e. The van der Waals surface area contributed by atoms with Crippen LogP contribution in [0.1, 0.15) is 27.6 Å². The van der Waals surface area contributed by atoms with Gasteiger partial charge in [0.2, 0.25) is 0 Å². The second-order valence-electron chi connectivity index (χ2n) is 6.23. The molecule has 0 aliphatic rings. The predicted octanol–water partition coefficient (Wildman–Crippen LogP) is 4.60. The maximum absolute atomic E-state index is 12.5. The van der Waals surface area contributed by atoms with Gasteiger partial charge in [0.25, 0.3) is 15.9 Å². The topological polar surface area (TPSA) is 92.3 Å². The number of ketones is 1. The van der Waals surface area contributed by atoms with Crippen molar-refractivity contribution in [2.45, 2.75) is 11.8 Å². The number of hydrogen-bond donors (Lipinski definition) is 2. The molecule has 0 radical (unpaired) electrons. The molecule has 0 aliphatic carbocycles. The molecule has 0 aliphatic heterocycles. The lowest BCUT2D eigenvalue weighted by molar-refractivity contribution is 0.101. The second kappa shape index (κ2) is 8.46. The van der Waals surface area contributed by atoms with E-state index in [0.717, 1.165) is 0 Å².